The number of benzene rings is 3. The maximum absolute atomic E-state index is 8.74. The smallest absolute Gasteiger partial charge is 0.135 e. The largest absolute Gasteiger partial charge is 0.399 e. The number of halogens is 6. The molecular weight excluding hydrogens is 941 g/mol. The number of nitrogen functional groups attached to an aromatic ring is 1. The number of aliphatic hydroxyl groups excluding tert-OH is 2. The van der Waals surface area contributed by atoms with Gasteiger partial charge in [-0.3, -0.25) is 0 Å². The Kier molecular flexibility index (Phi) is 23.1. The molecule has 3 heterocycles. The van der Waals surface area contributed by atoms with Crippen molar-refractivity contribution in [2.75, 3.05) is 48.0 Å². The Morgan fingerprint density at radius 1 is 0.547 bits per heavy atom. The number of hydrogen-bond donors (Lipinski definition) is 7. The van der Waals surface area contributed by atoms with E-state index in [-0.39, 0.29) is 13.2 Å². The number of anilines is 6. The van der Waals surface area contributed by atoms with Crippen LogP contribution < -0.4 is 27.4 Å². The molecule has 19 heteroatoms. The summed E-state index contributed by atoms with van der Waals surface area (Å²) in [6.07, 6.45) is 4.20. The minimum Gasteiger partial charge on any atom is -0.399 e. The Morgan fingerprint density at radius 3 is 1.38 bits per heavy atom. The van der Waals surface area contributed by atoms with E-state index in [0.717, 1.165) is 30.5 Å². The lowest BCUT2D eigenvalue weighted by Crippen LogP contribution is -2.07. The van der Waals surface area contributed by atoms with Gasteiger partial charge in [-0.25, -0.2) is 29.9 Å². The lowest BCUT2D eigenvalue weighted by Gasteiger charge is -2.08. The van der Waals surface area contributed by atoms with E-state index in [1.165, 1.54) is 25.0 Å². The molecule has 0 unspecified atom stereocenters. The standard InChI is InChI=1S/C12H13BrN4O.C10H7BrClN3.C6H6BrN.C4H2Cl2N2.C2H7NO/c13-9-2-1-3-10(6-9)17-12-7-11(14-4-5-18)15-8-16-12;11-7-2-1-3-8(4-7)15-10-5-9(12)13-6-14-10;7-5-2-1-3-6(8)4-5;5-3-1-4(6)8-2-7-3;3-1-2-4/h1-3,6-8,18H,4-5H2,(H2,14,15,16,17);1-6H,(H,13,14,15);1-4H,8H2;1-2H;4H,1-3H2. The van der Waals surface area contributed by atoms with E-state index in [4.69, 9.17) is 56.5 Å². The van der Waals surface area contributed by atoms with Crippen LogP contribution in [0.15, 0.2) is 123 Å². The highest BCUT2D eigenvalue weighted by atomic mass is 79.9. The Bertz CT molecular complexity index is 1810. The molecule has 0 atom stereocenters. The van der Waals surface area contributed by atoms with E-state index in [0.29, 0.717) is 46.0 Å². The number of aromatic nitrogens is 6. The first-order valence-electron chi connectivity index (χ1n) is 15.2. The fraction of sp³-hybridized carbons (Fsp3) is 0.118. The van der Waals surface area contributed by atoms with Crippen molar-refractivity contribution >= 4 is 117 Å². The molecule has 0 spiro atoms. The molecule has 0 saturated carbocycles. The molecule has 0 aliphatic heterocycles. The topological polar surface area (TPSA) is 206 Å². The van der Waals surface area contributed by atoms with E-state index in [2.05, 4.69) is 93.6 Å². The highest BCUT2D eigenvalue weighted by molar-refractivity contribution is 9.11. The molecule has 13 nitrogen and oxygen atoms in total. The number of nitrogens with two attached hydrogens (primary N) is 2. The second-order valence-corrected chi connectivity index (χ2v) is 13.6. The van der Waals surface area contributed by atoms with Gasteiger partial charge in [0.15, 0.2) is 0 Å². The van der Waals surface area contributed by atoms with E-state index in [9.17, 15) is 0 Å². The van der Waals surface area contributed by atoms with Gasteiger partial charge < -0.3 is 37.6 Å². The average molecular weight is 976 g/mol. The second kappa shape index (κ2) is 27.0. The van der Waals surface area contributed by atoms with Crippen molar-refractivity contribution < 1.29 is 10.2 Å². The first kappa shape index (κ1) is 45.4. The van der Waals surface area contributed by atoms with Crippen LogP contribution in [0.5, 0.6) is 0 Å². The van der Waals surface area contributed by atoms with Gasteiger partial charge >= 0.3 is 0 Å². The van der Waals surface area contributed by atoms with Gasteiger partial charge in [-0.1, -0.05) is 101 Å². The highest BCUT2D eigenvalue weighted by Crippen LogP contribution is 2.21. The SMILES string of the molecule is Clc1cc(Cl)ncn1.Clc1cc(Nc2cccc(Br)c2)ncn1.NCCO.Nc1cccc(Br)c1.OCCNc1cc(Nc2cccc(Br)c2)ncn1. The molecule has 0 fully saturated rings. The summed E-state index contributed by atoms with van der Waals surface area (Å²) < 4.78 is 3.03. The molecule has 280 valence electrons. The minimum absolute atomic E-state index is 0.0679. The van der Waals surface area contributed by atoms with Gasteiger partial charge in [0.2, 0.25) is 0 Å². The predicted octanol–water partition coefficient (Wildman–Crippen LogP) is 8.78. The summed E-state index contributed by atoms with van der Waals surface area (Å²) >= 11 is 26.6. The van der Waals surface area contributed by atoms with Crippen molar-refractivity contribution in [3.05, 3.63) is 139 Å². The van der Waals surface area contributed by atoms with Crippen LogP contribution in [-0.2, 0) is 0 Å². The van der Waals surface area contributed by atoms with E-state index >= 15 is 0 Å². The van der Waals surface area contributed by atoms with Crippen LogP contribution in [0.1, 0.15) is 0 Å². The number of aliphatic hydroxyl groups is 2. The van der Waals surface area contributed by atoms with Crippen molar-refractivity contribution in [1.82, 2.24) is 29.9 Å². The second-order valence-electron chi connectivity index (χ2n) is 9.67. The van der Waals surface area contributed by atoms with Gasteiger partial charge in [-0.2, -0.15) is 0 Å². The monoisotopic (exact) mass is 971 g/mol. The van der Waals surface area contributed by atoms with Gasteiger partial charge in [0.1, 0.15) is 51.9 Å². The Morgan fingerprint density at radius 2 is 0.981 bits per heavy atom. The fourth-order valence-electron chi connectivity index (χ4n) is 3.36. The molecule has 0 amide bonds. The van der Waals surface area contributed by atoms with Crippen molar-refractivity contribution in [2.24, 2.45) is 5.73 Å². The Balaban J connectivity index is 0.000000249. The van der Waals surface area contributed by atoms with Crippen LogP contribution in [0.2, 0.25) is 15.5 Å². The summed E-state index contributed by atoms with van der Waals surface area (Å²) in [5.74, 6) is 2.05. The molecular formula is C34H35Br3Cl3N11O2. The van der Waals surface area contributed by atoms with Crippen molar-refractivity contribution in [3.8, 4) is 0 Å². The normalized spacial score (nSPS) is 9.60. The maximum atomic E-state index is 8.74. The zero-order chi connectivity index (χ0) is 38.8. The fourth-order valence-corrected chi connectivity index (χ4v) is 5.07. The predicted molar refractivity (Wildman–Crippen MR) is 226 cm³/mol. The Hall–Kier alpha value is -3.71. The molecule has 53 heavy (non-hydrogen) atoms. The molecule has 3 aromatic carbocycles. The van der Waals surface area contributed by atoms with E-state index in [1.807, 2.05) is 72.8 Å². The molecule has 0 aliphatic rings. The highest BCUT2D eigenvalue weighted by Gasteiger charge is 2.00. The lowest BCUT2D eigenvalue weighted by molar-refractivity contribution is 0.306. The molecule has 0 radical (unpaired) electrons. The quantitative estimate of drug-likeness (QED) is 0.0564. The molecule has 0 aliphatic carbocycles. The Labute approximate surface area is 347 Å². The van der Waals surface area contributed by atoms with Crippen LogP contribution in [0.3, 0.4) is 0 Å². The molecule has 0 bridgehead atoms. The molecule has 0 saturated heterocycles. The third-order valence-corrected chi connectivity index (χ3v) is 7.59. The third-order valence-electron chi connectivity index (χ3n) is 5.49. The molecule has 6 rings (SSSR count). The summed E-state index contributed by atoms with van der Waals surface area (Å²) in [4.78, 5) is 23.3. The summed E-state index contributed by atoms with van der Waals surface area (Å²) in [5, 5.41) is 26.9. The van der Waals surface area contributed by atoms with Crippen LogP contribution in [0.4, 0.5) is 34.5 Å². The van der Waals surface area contributed by atoms with Crippen LogP contribution >= 0.6 is 82.6 Å². The summed E-state index contributed by atoms with van der Waals surface area (Å²) in [6.45, 7) is 1.01. The van der Waals surface area contributed by atoms with Gasteiger partial charge in [0.25, 0.3) is 0 Å². The number of rotatable bonds is 8. The van der Waals surface area contributed by atoms with Crippen molar-refractivity contribution in [2.45, 2.75) is 0 Å². The molecule has 3 aromatic heterocycles. The summed E-state index contributed by atoms with van der Waals surface area (Å²) in [6, 6.07) is 28.1. The van der Waals surface area contributed by atoms with Crippen molar-refractivity contribution in [1.29, 1.82) is 0 Å². The van der Waals surface area contributed by atoms with Crippen LogP contribution in [0.25, 0.3) is 0 Å². The van der Waals surface area contributed by atoms with Gasteiger partial charge in [-0.05, 0) is 54.6 Å². The molecule has 9 N–H and O–H groups in total. The van der Waals surface area contributed by atoms with Crippen LogP contribution in [0, 0.1) is 0 Å². The van der Waals surface area contributed by atoms with E-state index < -0.39 is 0 Å². The van der Waals surface area contributed by atoms with E-state index in [1.54, 1.807) is 12.1 Å². The van der Waals surface area contributed by atoms with Crippen LogP contribution in [-0.4, -0.2) is 66.4 Å². The van der Waals surface area contributed by atoms with Gasteiger partial charge in [0, 0.05) is 61.8 Å². The third kappa shape index (κ3) is 21.6. The maximum Gasteiger partial charge on any atom is 0.135 e. The number of nitrogens with zero attached hydrogens (tertiary/aromatic N) is 6. The summed E-state index contributed by atoms with van der Waals surface area (Å²) in [7, 11) is 0. The van der Waals surface area contributed by atoms with Gasteiger partial charge in [0.05, 0.1) is 13.2 Å². The average Bonchev–Trinajstić information content (AvgIpc) is 3.12. The zero-order valence-electron chi connectivity index (χ0n) is 27.7. The molecule has 6 aromatic rings. The first-order valence-corrected chi connectivity index (χ1v) is 18.7. The number of hydrogen-bond acceptors (Lipinski definition) is 13. The summed E-state index contributed by atoms with van der Waals surface area (Å²) in [5.41, 5.74) is 12.9. The minimum atomic E-state index is 0.0679. The number of nitrogens with one attached hydrogen (secondary N) is 3. The lowest BCUT2D eigenvalue weighted by atomic mass is 10.3. The first-order chi connectivity index (χ1) is 25.5. The zero-order valence-corrected chi connectivity index (χ0v) is 34.7. The van der Waals surface area contributed by atoms with Crippen molar-refractivity contribution in [3.63, 3.8) is 0 Å². The van der Waals surface area contributed by atoms with Gasteiger partial charge in [-0.15, -0.1) is 0 Å².